The second-order valence-corrected chi connectivity index (χ2v) is 9.44. The van der Waals surface area contributed by atoms with Crippen LogP contribution >= 0.6 is 0 Å². The smallest absolute Gasteiger partial charge is 0.269 e. The lowest BCUT2D eigenvalue weighted by Gasteiger charge is -2.15. The van der Waals surface area contributed by atoms with Crippen LogP contribution in [0.25, 0.3) is 21.9 Å². The van der Waals surface area contributed by atoms with E-state index in [1.54, 1.807) is 13.2 Å². The molecule has 0 amide bonds. The summed E-state index contributed by atoms with van der Waals surface area (Å²) in [6.45, 7) is 6.09. The van der Waals surface area contributed by atoms with E-state index in [-0.39, 0.29) is 5.75 Å². The molecule has 1 unspecified atom stereocenters. The summed E-state index contributed by atoms with van der Waals surface area (Å²) in [5, 5.41) is 1.96. The Hall–Kier alpha value is -2.63. The van der Waals surface area contributed by atoms with Crippen LogP contribution in [-0.4, -0.2) is 20.1 Å². The van der Waals surface area contributed by atoms with Crippen molar-refractivity contribution in [2.75, 3.05) is 7.11 Å². The number of allylic oxidation sites excluding steroid dienone is 1. The van der Waals surface area contributed by atoms with Gasteiger partial charge in [0.05, 0.1) is 7.11 Å². The first-order chi connectivity index (χ1) is 14.8. The van der Waals surface area contributed by atoms with Crippen LogP contribution in [0.15, 0.2) is 67.3 Å². The molecule has 3 aromatic rings. The van der Waals surface area contributed by atoms with Crippen LogP contribution in [0.5, 0.6) is 5.75 Å². The Morgan fingerprint density at radius 1 is 1.03 bits per heavy atom. The third-order valence-electron chi connectivity index (χ3n) is 5.77. The van der Waals surface area contributed by atoms with Crippen molar-refractivity contribution >= 4 is 20.9 Å². The molecule has 0 aliphatic carbocycles. The maximum atomic E-state index is 11.2. The molecule has 1 N–H and O–H groups in total. The molecule has 5 heteroatoms. The SMILES string of the molecule is C=CCC(CC)CCc1cc(-c2ccc3ccc(CS(=O)(=O)O)cc3c2)ccc1OC. The van der Waals surface area contributed by atoms with Gasteiger partial charge in [0.1, 0.15) is 11.5 Å². The van der Waals surface area contributed by atoms with Crippen LogP contribution in [-0.2, 0) is 22.3 Å². The lowest BCUT2D eigenvalue weighted by molar-refractivity contribution is 0.404. The van der Waals surface area contributed by atoms with Gasteiger partial charge in [-0.1, -0.05) is 55.8 Å². The van der Waals surface area contributed by atoms with Gasteiger partial charge in [-0.3, -0.25) is 4.55 Å². The molecule has 0 saturated carbocycles. The van der Waals surface area contributed by atoms with Gasteiger partial charge in [-0.2, -0.15) is 8.42 Å². The van der Waals surface area contributed by atoms with E-state index in [4.69, 9.17) is 9.29 Å². The molecule has 0 spiro atoms. The maximum Gasteiger partial charge on any atom is 0.269 e. The normalized spacial score (nSPS) is 12.6. The monoisotopic (exact) mass is 438 g/mol. The van der Waals surface area contributed by atoms with E-state index in [0.717, 1.165) is 53.3 Å². The zero-order valence-corrected chi connectivity index (χ0v) is 19.0. The zero-order chi connectivity index (χ0) is 22.4. The van der Waals surface area contributed by atoms with Gasteiger partial charge >= 0.3 is 0 Å². The van der Waals surface area contributed by atoms with Crippen molar-refractivity contribution in [3.8, 4) is 16.9 Å². The number of benzene rings is 3. The molecule has 0 saturated heterocycles. The first-order valence-corrected chi connectivity index (χ1v) is 12.2. The standard InChI is InChI=1S/C26H30O4S/c1-4-6-19(5-2)7-10-24-16-23(13-14-26(24)30-3)22-12-11-21-9-8-20(15-25(21)17-22)18-31(27,28)29/h4,8-9,11-17,19H,1,5-7,10,18H2,2-3H3,(H,27,28,29). The van der Waals surface area contributed by atoms with Gasteiger partial charge in [0.2, 0.25) is 0 Å². The highest BCUT2D eigenvalue weighted by Gasteiger charge is 2.11. The van der Waals surface area contributed by atoms with Crippen LogP contribution in [0.1, 0.15) is 37.3 Å². The third-order valence-corrected chi connectivity index (χ3v) is 6.46. The Labute approximate surface area is 185 Å². The van der Waals surface area contributed by atoms with Crippen molar-refractivity contribution in [3.63, 3.8) is 0 Å². The van der Waals surface area contributed by atoms with E-state index in [0.29, 0.717) is 11.5 Å². The lowest BCUT2D eigenvalue weighted by Crippen LogP contribution is -2.01. The molecule has 0 heterocycles. The van der Waals surface area contributed by atoms with Gasteiger partial charge < -0.3 is 4.74 Å². The summed E-state index contributed by atoms with van der Waals surface area (Å²) in [4.78, 5) is 0. The van der Waals surface area contributed by atoms with E-state index >= 15 is 0 Å². The Bertz CT molecular complexity index is 1170. The molecule has 164 valence electrons. The molecule has 0 radical (unpaired) electrons. The number of hydrogen-bond acceptors (Lipinski definition) is 3. The summed E-state index contributed by atoms with van der Waals surface area (Å²) in [5.74, 6) is 1.13. The maximum absolute atomic E-state index is 11.2. The molecule has 0 fully saturated rings. The Balaban J connectivity index is 1.92. The van der Waals surface area contributed by atoms with Gasteiger partial charge in [-0.25, -0.2) is 0 Å². The molecule has 0 aromatic heterocycles. The van der Waals surface area contributed by atoms with Crippen LogP contribution in [0.2, 0.25) is 0 Å². The fraction of sp³-hybridized carbons (Fsp3) is 0.308. The fourth-order valence-corrected chi connectivity index (χ4v) is 4.61. The number of fused-ring (bicyclic) bond motifs is 1. The van der Waals surface area contributed by atoms with Crippen molar-refractivity contribution in [2.24, 2.45) is 5.92 Å². The van der Waals surface area contributed by atoms with Crippen molar-refractivity contribution < 1.29 is 17.7 Å². The Kier molecular flexibility index (Phi) is 7.52. The van der Waals surface area contributed by atoms with E-state index in [1.807, 2.05) is 36.4 Å². The van der Waals surface area contributed by atoms with Gasteiger partial charge in [0, 0.05) is 0 Å². The summed E-state index contributed by atoms with van der Waals surface area (Å²) in [7, 11) is -2.36. The van der Waals surface area contributed by atoms with Crippen molar-refractivity contribution in [1.82, 2.24) is 0 Å². The van der Waals surface area contributed by atoms with Gasteiger partial charge in [-0.05, 0) is 76.4 Å². The average Bonchev–Trinajstić information content (AvgIpc) is 2.74. The zero-order valence-electron chi connectivity index (χ0n) is 18.2. The van der Waals surface area contributed by atoms with Crippen LogP contribution in [0.3, 0.4) is 0 Å². The van der Waals surface area contributed by atoms with Gasteiger partial charge in [-0.15, -0.1) is 6.58 Å². The molecule has 31 heavy (non-hydrogen) atoms. The van der Waals surface area contributed by atoms with E-state index < -0.39 is 10.1 Å². The number of methoxy groups -OCH3 is 1. The molecule has 4 nitrogen and oxygen atoms in total. The highest BCUT2D eigenvalue weighted by atomic mass is 32.2. The van der Waals surface area contributed by atoms with E-state index in [1.165, 1.54) is 5.56 Å². The van der Waals surface area contributed by atoms with Crippen LogP contribution in [0.4, 0.5) is 0 Å². The highest BCUT2D eigenvalue weighted by molar-refractivity contribution is 7.85. The van der Waals surface area contributed by atoms with Crippen molar-refractivity contribution in [3.05, 3.63) is 78.4 Å². The summed E-state index contributed by atoms with van der Waals surface area (Å²) in [6, 6.07) is 17.8. The minimum atomic E-state index is -4.06. The largest absolute Gasteiger partial charge is 0.496 e. The van der Waals surface area contributed by atoms with Crippen LogP contribution < -0.4 is 4.74 Å². The highest BCUT2D eigenvalue weighted by Crippen LogP contribution is 2.31. The number of ether oxygens (including phenoxy) is 1. The van der Waals surface area contributed by atoms with Crippen molar-refractivity contribution in [2.45, 2.75) is 38.4 Å². The number of aryl methyl sites for hydroxylation is 1. The van der Waals surface area contributed by atoms with Crippen LogP contribution in [0, 0.1) is 5.92 Å². The summed E-state index contributed by atoms with van der Waals surface area (Å²) < 4.78 is 37.2. The number of hydrogen-bond donors (Lipinski definition) is 1. The molecule has 0 bridgehead atoms. The van der Waals surface area contributed by atoms with Crippen molar-refractivity contribution in [1.29, 1.82) is 0 Å². The molecular formula is C26H30O4S. The lowest BCUT2D eigenvalue weighted by atomic mass is 9.92. The minimum absolute atomic E-state index is 0.386. The Morgan fingerprint density at radius 3 is 2.42 bits per heavy atom. The molecular weight excluding hydrogens is 408 g/mol. The molecule has 0 aliphatic heterocycles. The number of rotatable bonds is 10. The predicted molar refractivity (Wildman–Crippen MR) is 128 cm³/mol. The first kappa shape index (κ1) is 23.0. The molecule has 0 aliphatic rings. The summed E-state index contributed by atoms with van der Waals surface area (Å²) in [5.41, 5.74) is 3.89. The second kappa shape index (κ2) is 10.1. The summed E-state index contributed by atoms with van der Waals surface area (Å²) in [6.07, 6.45) is 6.17. The van der Waals surface area contributed by atoms with Gasteiger partial charge in [0.15, 0.2) is 0 Å². The second-order valence-electron chi connectivity index (χ2n) is 7.99. The van der Waals surface area contributed by atoms with E-state index in [2.05, 4.69) is 31.7 Å². The predicted octanol–water partition coefficient (Wildman–Crippen LogP) is 6.44. The fourth-order valence-electron chi connectivity index (χ4n) is 4.01. The molecule has 3 rings (SSSR count). The molecule has 3 aromatic carbocycles. The molecule has 1 atom stereocenters. The topological polar surface area (TPSA) is 63.6 Å². The average molecular weight is 439 g/mol. The Morgan fingerprint density at radius 2 is 1.74 bits per heavy atom. The summed E-state index contributed by atoms with van der Waals surface area (Å²) >= 11 is 0. The minimum Gasteiger partial charge on any atom is -0.496 e. The van der Waals surface area contributed by atoms with E-state index in [9.17, 15) is 8.42 Å². The quantitative estimate of drug-likeness (QED) is 0.292. The third kappa shape index (κ3) is 6.18. The first-order valence-electron chi connectivity index (χ1n) is 10.6. The van der Waals surface area contributed by atoms with Gasteiger partial charge in [0.25, 0.3) is 10.1 Å².